The molecule has 0 saturated carbocycles. The van der Waals surface area contributed by atoms with Gasteiger partial charge in [-0.2, -0.15) is 10.5 Å². The van der Waals surface area contributed by atoms with Gasteiger partial charge in [0.05, 0.1) is 42.0 Å². The number of carbonyl (C=O) groups excluding carboxylic acids is 1. The summed E-state index contributed by atoms with van der Waals surface area (Å²) in [6.45, 7) is 4.04. The van der Waals surface area contributed by atoms with Crippen LogP contribution in [0.15, 0.2) is 41.4 Å². The predicted molar refractivity (Wildman–Crippen MR) is 102 cm³/mol. The van der Waals surface area contributed by atoms with Gasteiger partial charge in [0.15, 0.2) is 5.78 Å². The van der Waals surface area contributed by atoms with Gasteiger partial charge in [-0.3, -0.25) is 9.79 Å². The van der Waals surface area contributed by atoms with Crippen LogP contribution in [-0.4, -0.2) is 24.1 Å². The average molecular weight is 357 g/mol. The quantitative estimate of drug-likeness (QED) is 0.778. The van der Waals surface area contributed by atoms with Crippen molar-refractivity contribution >= 4 is 11.5 Å². The first-order chi connectivity index (χ1) is 12.9. The van der Waals surface area contributed by atoms with Crippen molar-refractivity contribution in [3.8, 4) is 17.9 Å². The van der Waals surface area contributed by atoms with Crippen molar-refractivity contribution in [3.63, 3.8) is 0 Å². The highest BCUT2D eigenvalue weighted by molar-refractivity contribution is 6.17. The Labute approximate surface area is 158 Å². The number of benzene rings is 2. The molecule has 2 aromatic carbocycles. The van der Waals surface area contributed by atoms with E-state index in [1.807, 2.05) is 26.0 Å². The van der Waals surface area contributed by atoms with Crippen molar-refractivity contribution in [2.24, 2.45) is 4.99 Å². The molecule has 0 fully saturated rings. The second kappa shape index (κ2) is 7.05. The van der Waals surface area contributed by atoms with E-state index in [9.17, 15) is 10.1 Å². The van der Waals surface area contributed by atoms with E-state index in [4.69, 9.17) is 15.0 Å². The van der Waals surface area contributed by atoms with Crippen molar-refractivity contribution in [1.82, 2.24) is 0 Å². The fourth-order valence-electron chi connectivity index (χ4n) is 3.34. The van der Waals surface area contributed by atoms with Crippen LogP contribution in [0.3, 0.4) is 0 Å². The fraction of sp³-hybridized carbons (Fsp3) is 0.273. The molecule has 1 aliphatic heterocycles. The molecule has 2 aromatic rings. The van der Waals surface area contributed by atoms with E-state index >= 15 is 0 Å². The SMILES string of the molecule is COc1cc2c(cc1C#N)C(CC(=O)c1ccc(C#N)cc1)=NC(C)(C)C2. The van der Waals surface area contributed by atoms with Crippen molar-refractivity contribution in [1.29, 1.82) is 10.5 Å². The summed E-state index contributed by atoms with van der Waals surface area (Å²) in [6, 6.07) is 14.4. The Bertz CT molecular complexity index is 1020. The first-order valence-corrected chi connectivity index (χ1v) is 8.60. The van der Waals surface area contributed by atoms with Crippen molar-refractivity contribution in [3.05, 3.63) is 64.2 Å². The van der Waals surface area contributed by atoms with Crippen LogP contribution in [0.5, 0.6) is 5.75 Å². The minimum atomic E-state index is -0.341. The summed E-state index contributed by atoms with van der Waals surface area (Å²) < 4.78 is 5.32. The molecule has 5 heteroatoms. The monoisotopic (exact) mass is 357 g/mol. The summed E-state index contributed by atoms with van der Waals surface area (Å²) in [6.07, 6.45) is 0.846. The zero-order chi connectivity index (χ0) is 19.6. The molecule has 0 bridgehead atoms. The van der Waals surface area contributed by atoms with Gasteiger partial charge < -0.3 is 4.74 Å². The maximum atomic E-state index is 12.8. The Morgan fingerprint density at radius 2 is 1.89 bits per heavy atom. The number of hydrogen-bond acceptors (Lipinski definition) is 5. The van der Waals surface area contributed by atoms with Crippen LogP contribution in [0.4, 0.5) is 0 Å². The summed E-state index contributed by atoms with van der Waals surface area (Å²) >= 11 is 0. The van der Waals surface area contributed by atoms with Crippen LogP contribution in [0.2, 0.25) is 0 Å². The molecule has 0 N–H and O–H groups in total. The van der Waals surface area contributed by atoms with E-state index in [0.717, 1.165) is 11.1 Å². The molecule has 0 atom stereocenters. The first kappa shape index (κ1) is 18.4. The summed E-state index contributed by atoms with van der Waals surface area (Å²) in [5, 5.41) is 18.3. The molecule has 0 unspecified atom stereocenters. The van der Waals surface area contributed by atoms with E-state index in [1.54, 1.807) is 37.4 Å². The van der Waals surface area contributed by atoms with Crippen LogP contribution in [0.25, 0.3) is 0 Å². The third-order valence-electron chi connectivity index (χ3n) is 4.58. The van der Waals surface area contributed by atoms with Gasteiger partial charge in [-0.25, -0.2) is 0 Å². The Morgan fingerprint density at radius 1 is 1.19 bits per heavy atom. The molecule has 0 spiro atoms. The largest absolute Gasteiger partial charge is 0.495 e. The average Bonchev–Trinajstić information content (AvgIpc) is 2.66. The molecule has 134 valence electrons. The number of nitrogens with zero attached hydrogens (tertiary/aromatic N) is 3. The number of hydrogen-bond donors (Lipinski definition) is 0. The summed E-state index contributed by atoms with van der Waals surface area (Å²) in [7, 11) is 1.54. The molecular formula is C22H19N3O2. The third-order valence-corrected chi connectivity index (χ3v) is 4.58. The number of fused-ring (bicyclic) bond motifs is 1. The first-order valence-electron chi connectivity index (χ1n) is 8.60. The van der Waals surface area contributed by atoms with E-state index in [2.05, 4.69) is 6.07 Å². The number of ketones is 1. The highest BCUT2D eigenvalue weighted by Crippen LogP contribution is 2.33. The standard InChI is InChI=1S/C22H19N3O2/c1-22(2)11-16-9-21(27-3)17(13-24)8-18(16)19(25-22)10-20(26)15-6-4-14(12-23)5-7-15/h4-9H,10-11H2,1-3H3. The molecule has 0 saturated heterocycles. The lowest BCUT2D eigenvalue weighted by Crippen LogP contribution is -2.30. The lowest BCUT2D eigenvalue weighted by Gasteiger charge is -2.29. The molecule has 1 heterocycles. The topological polar surface area (TPSA) is 86.2 Å². The fourth-order valence-corrected chi connectivity index (χ4v) is 3.34. The molecule has 27 heavy (non-hydrogen) atoms. The molecule has 1 aliphatic rings. The Hall–Kier alpha value is -3.44. The van der Waals surface area contributed by atoms with Gasteiger partial charge in [-0.1, -0.05) is 12.1 Å². The lowest BCUT2D eigenvalue weighted by molar-refractivity contribution is 0.100. The third kappa shape index (κ3) is 3.73. The van der Waals surface area contributed by atoms with Crippen LogP contribution in [-0.2, 0) is 6.42 Å². The minimum Gasteiger partial charge on any atom is -0.495 e. The number of ether oxygens (including phenoxy) is 1. The van der Waals surface area contributed by atoms with Gasteiger partial charge in [-0.05, 0) is 50.1 Å². The molecule has 5 nitrogen and oxygen atoms in total. The number of rotatable bonds is 4. The molecule has 0 radical (unpaired) electrons. The predicted octanol–water partition coefficient (Wildman–Crippen LogP) is 3.84. The summed E-state index contributed by atoms with van der Waals surface area (Å²) in [4.78, 5) is 17.5. The molecule has 0 aliphatic carbocycles. The van der Waals surface area contributed by atoms with Crippen molar-refractivity contribution in [2.45, 2.75) is 32.2 Å². The summed E-state index contributed by atoms with van der Waals surface area (Å²) in [5.74, 6) is 0.461. The van der Waals surface area contributed by atoms with E-state index in [-0.39, 0.29) is 17.7 Å². The van der Waals surface area contributed by atoms with Crippen molar-refractivity contribution in [2.75, 3.05) is 7.11 Å². The van der Waals surface area contributed by atoms with Gasteiger partial charge in [-0.15, -0.1) is 0 Å². The van der Waals surface area contributed by atoms with Crippen molar-refractivity contribution < 1.29 is 9.53 Å². The molecule has 3 rings (SSSR count). The maximum Gasteiger partial charge on any atom is 0.168 e. The van der Waals surface area contributed by atoms with Gasteiger partial charge in [0.2, 0.25) is 0 Å². The normalized spacial score (nSPS) is 14.3. The Balaban J connectivity index is 1.99. The van der Waals surface area contributed by atoms with E-state index in [1.165, 1.54) is 0 Å². The number of methoxy groups -OCH3 is 1. The van der Waals surface area contributed by atoms with E-state index in [0.29, 0.717) is 34.6 Å². The Kier molecular flexibility index (Phi) is 4.79. The number of carbonyl (C=O) groups is 1. The van der Waals surface area contributed by atoms with Crippen LogP contribution >= 0.6 is 0 Å². The van der Waals surface area contributed by atoms with Gasteiger partial charge in [0, 0.05) is 11.1 Å². The molecular weight excluding hydrogens is 338 g/mol. The highest BCUT2D eigenvalue weighted by atomic mass is 16.5. The second-order valence-electron chi connectivity index (χ2n) is 7.16. The zero-order valence-electron chi connectivity index (χ0n) is 15.5. The minimum absolute atomic E-state index is 0.0729. The van der Waals surface area contributed by atoms with Gasteiger partial charge in [0.1, 0.15) is 11.8 Å². The lowest BCUT2D eigenvalue weighted by atomic mass is 9.84. The summed E-state index contributed by atoms with van der Waals surface area (Å²) in [5.41, 5.74) is 3.66. The number of aliphatic imine (C=N–C) groups is 1. The van der Waals surface area contributed by atoms with Crippen LogP contribution in [0, 0.1) is 22.7 Å². The van der Waals surface area contributed by atoms with Gasteiger partial charge in [0.25, 0.3) is 0 Å². The maximum absolute atomic E-state index is 12.8. The Morgan fingerprint density at radius 3 is 2.48 bits per heavy atom. The highest BCUT2D eigenvalue weighted by Gasteiger charge is 2.29. The smallest absolute Gasteiger partial charge is 0.168 e. The molecule has 0 amide bonds. The second-order valence-corrected chi connectivity index (χ2v) is 7.16. The zero-order valence-corrected chi connectivity index (χ0v) is 15.5. The van der Waals surface area contributed by atoms with Gasteiger partial charge >= 0.3 is 0 Å². The number of nitriles is 2. The van der Waals surface area contributed by atoms with Crippen LogP contribution < -0.4 is 4.74 Å². The van der Waals surface area contributed by atoms with Crippen LogP contribution in [0.1, 0.15) is 52.9 Å². The van der Waals surface area contributed by atoms with E-state index < -0.39 is 0 Å². The number of Topliss-reactive ketones (excluding diaryl/α,β-unsaturated/α-hetero) is 1. The molecule has 0 aromatic heterocycles.